The number of nitrogens with zero attached hydrogens (tertiary/aromatic N) is 1. The Hall–Kier alpha value is -2.46. The van der Waals surface area contributed by atoms with E-state index < -0.39 is 0 Å². The van der Waals surface area contributed by atoms with Gasteiger partial charge in [0.1, 0.15) is 0 Å². The SMILES string of the molecule is COc1cccc(CNCc2cn(C)c3ccccc23)c1OC. The Morgan fingerprint density at radius 2 is 1.70 bits per heavy atom. The standard InChI is InChI=1S/C19H22N2O2/c1-21-13-15(16-8-4-5-9-17(16)21)12-20-11-14-7-6-10-18(22-2)19(14)23-3/h4-10,13,20H,11-12H2,1-3H3. The van der Waals surface area contributed by atoms with Crippen molar-refractivity contribution in [2.45, 2.75) is 13.1 Å². The fourth-order valence-corrected chi connectivity index (χ4v) is 2.99. The van der Waals surface area contributed by atoms with Crippen LogP contribution in [0.2, 0.25) is 0 Å². The summed E-state index contributed by atoms with van der Waals surface area (Å²) >= 11 is 0. The molecule has 4 nitrogen and oxygen atoms in total. The number of benzene rings is 2. The minimum absolute atomic E-state index is 0.726. The summed E-state index contributed by atoms with van der Waals surface area (Å²) in [6.07, 6.45) is 2.18. The Morgan fingerprint density at radius 1 is 0.913 bits per heavy atom. The first-order valence-electron chi connectivity index (χ1n) is 7.68. The van der Waals surface area contributed by atoms with Crippen molar-refractivity contribution >= 4 is 10.9 Å². The van der Waals surface area contributed by atoms with Gasteiger partial charge in [-0.3, -0.25) is 0 Å². The zero-order chi connectivity index (χ0) is 16.2. The van der Waals surface area contributed by atoms with E-state index in [0.29, 0.717) is 0 Å². The Balaban J connectivity index is 1.74. The van der Waals surface area contributed by atoms with Gasteiger partial charge in [-0.05, 0) is 17.7 Å². The maximum atomic E-state index is 5.48. The van der Waals surface area contributed by atoms with Crippen LogP contribution in [-0.2, 0) is 20.1 Å². The summed E-state index contributed by atoms with van der Waals surface area (Å²) < 4.78 is 13.0. The van der Waals surface area contributed by atoms with Gasteiger partial charge in [0, 0.05) is 42.8 Å². The molecule has 0 spiro atoms. The second kappa shape index (κ2) is 6.75. The van der Waals surface area contributed by atoms with Gasteiger partial charge in [0.2, 0.25) is 0 Å². The Morgan fingerprint density at radius 3 is 2.48 bits per heavy atom. The highest BCUT2D eigenvalue weighted by Gasteiger charge is 2.10. The average Bonchev–Trinajstić information content (AvgIpc) is 2.91. The number of rotatable bonds is 6. The largest absolute Gasteiger partial charge is 0.493 e. The first-order valence-corrected chi connectivity index (χ1v) is 7.68. The fourth-order valence-electron chi connectivity index (χ4n) is 2.99. The Kier molecular flexibility index (Phi) is 4.53. The number of ether oxygens (including phenoxy) is 2. The molecule has 0 fully saturated rings. The third kappa shape index (κ3) is 3.03. The second-order valence-corrected chi connectivity index (χ2v) is 5.54. The molecule has 0 saturated heterocycles. The molecule has 23 heavy (non-hydrogen) atoms. The van der Waals surface area contributed by atoms with E-state index in [0.717, 1.165) is 30.2 Å². The van der Waals surface area contributed by atoms with E-state index in [-0.39, 0.29) is 0 Å². The van der Waals surface area contributed by atoms with Crippen molar-refractivity contribution in [2.24, 2.45) is 7.05 Å². The molecular formula is C19H22N2O2. The molecule has 0 radical (unpaired) electrons. The molecule has 3 rings (SSSR count). The van der Waals surface area contributed by atoms with E-state index in [1.165, 1.54) is 16.5 Å². The van der Waals surface area contributed by atoms with Crippen LogP contribution in [0, 0.1) is 0 Å². The number of methoxy groups -OCH3 is 2. The van der Waals surface area contributed by atoms with Crippen LogP contribution in [0.25, 0.3) is 10.9 Å². The highest BCUT2D eigenvalue weighted by molar-refractivity contribution is 5.83. The smallest absolute Gasteiger partial charge is 0.165 e. The quantitative estimate of drug-likeness (QED) is 0.757. The molecule has 0 unspecified atom stereocenters. The zero-order valence-electron chi connectivity index (χ0n) is 13.8. The van der Waals surface area contributed by atoms with E-state index in [2.05, 4.69) is 53.5 Å². The van der Waals surface area contributed by atoms with Gasteiger partial charge < -0.3 is 19.4 Å². The molecule has 0 atom stereocenters. The number of hydrogen-bond acceptors (Lipinski definition) is 3. The maximum absolute atomic E-state index is 5.48. The molecule has 1 heterocycles. The summed E-state index contributed by atoms with van der Waals surface area (Å²) in [6, 6.07) is 14.4. The van der Waals surface area contributed by atoms with Crippen LogP contribution in [0.15, 0.2) is 48.7 Å². The lowest BCUT2D eigenvalue weighted by Gasteiger charge is -2.13. The number of fused-ring (bicyclic) bond motifs is 1. The normalized spacial score (nSPS) is 10.9. The van der Waals surface area contributed by atoms with Crippen LogP contribution in [-0.4, -0.2) is 18.8 Å². The van der Waals surface area contributed by atoms with Crippen molar-refractivity contribution < 1.29 is 9.47 Å². The van der Waals surface area contributed by atoms with Gasteiger partial charge in [0.15, 0.2) is 11.5 Å². The van der Waals surface area contributed by atoms with Crippen molar-refractivity contribution in [3.8, 4) is 11.5 Å². The van der Waals surface area contributed by atoms with Gasteiger partial charge in [-0.1, -0.05) is 30.3 Å². The van der Waals surface area contributed by atoms with Crippen LogP contribution in [0.4, 0.5) is 0 Å². The summed E-state index contributed by atoms with van der Waals surface area (Å²) in [5.74, 6) is 1.55. The van der Waals surface area contributed by atoms with Crippen molar-refractivity contribution in [1.29, 1.82) is 0 Å². The molecule has 0 amide bonds. The predicted octanol–water partition coefficient (Wildman–Crippen LogP) is 3.49. The number of aryl methyl sites for hydroxylation is 1. The van der Waals surface area contributed by atoms with Crippen molar-refractivity contribution in [3.05, 3.63) is 59.8 Å². The minimum atomic E-state index is 0.726. The monoisotopic (exact) mass is 310 g/mol. The summed E-state index contributed by atoms with van der Waals surface area (Å²) in [4.78, 5) is 0. The van der Waals surface area contributed by atoms with Crippen LogP contribution in [0.3, 0.4) is 0 Å². The van der Waals surface area contributed by atoms with E-state index in [4.69, 9.17) is 9.47 Å². The van der Waals surface area contributed by atoms with Gasteiger partial charge in [0.25, 0.3) is 0 Å². The molecule has 0 bridgehead atoms. The van der Waals surface area contributed by atoms with Crippen LogP contribution in [0.1, 0.15) is 11.1 Å². The van der Waals surface area contributed by atoms with Gasteiger partial charge >= 0.3 is 0 Å². The molecule has 1 aromatic heterocycles. The van der Waals surface area contributed by atoms with Gasteiger partial charge in [-0.15, -0.1) is 0 Å². The lowest BCUT2D eigenvalue weighted by Crippen LogP contribution is -2.13. The van der Waals surface area contributed by atoms with E-state index in [9.17, 15) is 0 Å². The highest BCUT2D eigenvalue weighted by Crippen LogP contribution is 2.30. The molecule has 4 heteroatoms. The molecule has 0 saturated carbocycles. The summed E-state index contributed by atoms with van der Waals surface area (Å²) in [7, 11) is 5.41. The van der Waals surface area contributed by atoms with Gasteiger partial charge in [-0.2, -0.15) is 0 Å². The molecule has 0 aliphatic carbocycles. The molecular weight excluding hydrogens is 288 g/mol. The van der Waals surface area contributed by atoms with E-state index >= 15 is 0 Å². The van der Waals surface area contributed by atoms with Crippen LogP contribution in [0.5, 0.6) is 11.5 Å². The number of hydrogen-bond donors (Lipinski definition) is 1. The van der Waals surface area contributed by atoms with Crippen LogP contribution < -0.4 is 14.8 Å². The summed E-state index contributed by atoms with van der Waals surface area (Å²) in [5, 5.41) is 4.79. The Labute approximate surface area is 136 Å². The van der Waals surface area contributed by atoms with Gasteiger partial charge in [0.05, 0.1) is 14.2 Å². The second-order valence-electron chi connectivity index (χ2n) is 5.54. The van der Waals surface area contributed by atoms with E-state index in [1.807, 2.05) is 12.1 Å². The van der Waals surface area contributed by atoms with E-state index in [1.54, 1.807) is 14.2 Å². The molecule has 0 aliphatic heterocycles. The topological polar surface area (TPSA) is 35.4 Å². The predicted molar refractivity (Wildman–Crippen MR) is 93.0 cm³/mol. The molecule has 1 N–H and O–H groups in total. The lowest BCUT2D eigenvalue weighted by atomic mass is 10.1. The zero-order valence-corrected chi connectivity index (χ0v) is 13.8. The van der Waals surface area contributed by atoms with Gasteiger partial charge in [-0.25, -0.2) is 0 Å². The molecule has 120 valence electrons. The minimum Gasteiger partial charge on any atom is -0.493 e. The number of aromatic nitrogens is 1. The lowest BCUT2D eigenvalue weighted by molar-refractivity contribution is 0.350. The highest BCUT2D eigenvalue weighted by atomic mass is 16.5. The van der Waals surface area contributed by atoms with Crippen molar-refractivity contribution in [1.82, 2.24) is 9.88 Å². The number of para-hydroxylation sites is 2. The molecule has 2 aromatic carbocycles. The fraction of sp³-hybridized carbons (Fsp3) is 0.263. The third-order valence-electron chi connectivity index (χ3n) is 4.09. The summed E-state index contributed by atoms with van der Waals surface area (Å²) in [6.45, 7) is 1.53. The Bertz CT molecular complexity index is 808. The van der Waals surface area contributed by atoms with Crippen molar-refractivity contribution in [3.63, 3.8) is 0 Å². The average molecular weight is 310 g/mol. The van der Waals surface area contributed by atoms with Crippen LogP contribution >= 0.6 is 0 Å². The first-order chi connectivity index (χ1) is 11.2. The maximum Gasteiger partial charge on any atom is 0.165 e. The third-order valence-corrected chi connectivity index (χ3v) is 4.09. The number of nitrogens with one attached hydrogen (secondary N) is 1. The molecule has 3 aromatic rings. The first kappa shape index (κ1) is 15.4. The summed E-state index contributed by atoms with van der Waals surface area (Å²) in [5.41, 5.74) is 3.64. The van der Waals surface area contributed by atoms with Crippen molar-refractivity contribution in [2.75, 3.05) is 14.2 Å². The molecule has 0 aliphatic rings.